The molecular weight excluding hydrogens is 339 g/mol. The van der Waals surface area contributed by atoms with Crippen LogP contribution in [0.5, 0.6) is 0 Å². The van der Waals surface area contributed by atoms with Gasteiger partial charge in [0.05, 0.1) is 18.5 Å². The second-order valence-electron chi connectivity index (χ2n) is 5.59. The molecule has 8 heteroatoms. The zero-order valence-corrected chi connectivity index (χ0v) is 14.4. The molecule has 1 aliphatic rings. The van der Waals surface area contributed by atoms with Gasteiger partial charge in [-0.2, -0.15) is 0 Å². The highest BCUT2D eigenvalue weighted by molar-refractivity contribution is 7.91. The van der Waals surface area contributed by atoms with E-state index in [9.17, 15) is 22.4 Å². The molecule has 1 aliphatic carbocycles. The van der Waals surface area contributed by atoms with Gasteiger partial charge in [0.2, 0.25) is 0 Å². The third-order valence-corrected chi connectivity index (χ3v) is 5.59. The molecule has 2 rings (SSSR count). The largest absolute Gasteiger partial charge is 0.465 e. The maximum atomic E-state index is 13.5. The standard InChI is InChI=1S/C16H19FO6S/c1-4-22-14(18)16(15(19)23-5-2)12(13(16)24(3,20)21)10-7-6-8-11(17)9-10/h6-9,12-13H,4-5H2,1-3H3/t12-,13+/m0/s1. The van der Waals surface area contributed by atoms with E-state index in [4.69, 9.17) is 9.47 Å². The van der Waals surface area contributed by atoms with Gasteiger partial charge in [-0.1, -0.05) is 12.1 Å². The summed E-state index contributed by atoms with van der Waals surface area (Å²) in [6.45, 7) is 3.05. The Bertz CT molecular complexity index is 740. The third kappa shape index (κ3) is 2.90. The van der Waals surface area contributed by atoms with E-state index < -0.39 is 44.2 Å². The SMILES string of the molecule is CCOC(=O)C1(C(=O)OCC)[C@H](S(C)(=O)=O)[C@@H]1c1cccc(F)c1. The van der Waals surface area contributed by atoms with Crippen molar-refractivity contribution in [2.45, 2.75) is 25.0 Å². The Balaban J connectivity index is 2.61. The van der Waals surface area contributed by atoms with Crippen LogP contribution >= 0.6 is 0 Å². The molecule has 2 atom stereocenters. The first kappa shape index (κ1) is 18.4. The van der Waals surface area contributed by atoms with Crippen LogP contribution in [0.4, 0.5) is 4.39 Å². The first-order chi connectivity index (χ1) is 11.2. The van der Waals surface area contributed by atoms with E-state index in [0.717, 1.165) is 12.3 Å². The highest BCUT2D eigenvalue weighted by Crippen LogP contribution is 2.64. The summed E-state index contributed by atoms with van der Waals surface area (Å²) in [5.41, 5.74) is -1.75. The van der Waals surface area contributed by atoms with Crippen molar-refractivity contribution in [1.82, 2.24) is 0 Å². The van der Waals surface area contributed by atoms with Crippen LogP contribution in [0.2, 0.25) is 0 Å². The topological polar surface area (TPSA) is 86.7 Å². The maximum Gasteiger partial charge on any atom is 0.325 e. The number of ether oxygens (including phenoxy) is 2. The van der Waals surface area contributed by atoms with Crippen molar-refractivity contribution < 1.29 is 31.9 Å². The minimum absolute atomic E-state index is 0.0215. The molecule has 1 saturated carbocycles. The van der Waals surface area contributed by atoms with E-state index in [1.54, 1.807) is 13.8 Å². The summed E-state index contributed by atoms with van der Waals surface area (Å²) in [6, 6.07) is 5.18. The van der Waals surface area contributed by atoms with Gasteiger partial charge >= 0.3 is 11.9 Å². The van der Waals surface area contributed by atoms with Crippen LogP contribution in [0.15, 0.2) is 24.3 Å². The molecule has 1 fully saturated rings. The Morgan fingerprint density at radius 1 is 1.17 bits per heavy atom. The number of halogens is 1. The maximum absolute atomic E-state index is 13.5. The third-order valence-electron chi connectivity index (χ3n) is 4.03. The van der Waals surface area contributed by atoms with Crippen molar-refractivity contribution in [1.29, 1.82) is 0 Å². The molecule has 0 amide bonds. The summed E-state index contributed by atoms with van der Waals surface area (Å²) in [5, 5.41) is -1.34. The van der Waals surface area contributed by atoms with E-state index in [2.05, 4.69) is 0 Å². The summed E-state index contributed by atoms with van der Waals surface area (Å²) in [5.74, 6) is -3.56. The van der Waals surface area contributed by atoms with Gasteiger partial charge in [-0.25, -0.2) is 12.8 Å². The molecule has 132 valence electrons. The predicted molar refractivity (Wildman–Crippen MR) is 83.5 cm³/mol. The molecule has 6 nitrogen and oxygen atoms in total. The van der Waals surface area contributed by atoms with Crippen molar-refractivity contribution in [3.63, 3.8) is 0 Å². The summed E-state index contributed by atoms with van der Waals surface area (Å²) in [4.78, 5) is 25.0. The molecule has 0 heterocycles. The van der Waals surface area contributed by atoms with Gasteiger partial charge < -0.3 is 9.47 Å². The Kier molecular flexibility index (Phi) is 4.98. The predicted octanol–water partition coefficient (Wildman–Crippen LogP) is 1.45. The van der Waals surface area contributed by atoms with Crippen molar-refractivity contribution in [2.75, 3.05) is 19.5 Å². The highest BCUT2D eigenvalue weighted by Gasteiger charge is 2.81. The lowest BCUT2D eigenvalue weighted by atomic mass is 9.99. The highest BCUT2D eigenvalue weighted by atomic mass is 32.2. The number of hydrogen-bond acceptors (Lipinski definition) is 6. The van der Waals surface area contributed by atoms with E-state index in [1.807, 2.05) is 0 Å². The Morgan fingerprint density at radius 2 is 1.71 bits per heavy atom. The van der Waals surface area contributed by atoms with Crippen molar-refractivity contribution in [2.24, 2.45) is 5.41 Å². The number of carbonyl (C=O) groups excluding carboxylic acids is 2. The van der Waals surface area contributed by atoms with E-state index in [-0.39, 0.29) is 18.8 Å². The van der Waals surface area contributed by atoms with E-state index in [0.29, 0.717) is 0 Å². The molecule has 24 heavy (non-hydrogen) atoms. The van der Waals surface area contributed by atoms with E-state index >= 15 is 0 Å². The van der Waals surface area contributed by atoms with Crippen LogP contribution in [0.25, 0.3) is 0 Å². The number of benzene rings is 1. The molecule has 0 aromatic heterocycles. The number of hydrogen-bond donors (Lipinski definition) is 0. The molecule has 0 saturated heterocycles. The number of carbonyl (C=O) groups is 2. The average Bonchev–Trinajstić information content (AvgIpc) is 3.19. The molecular formula is C16H19FO6S. The average molecular weight is 358 g/mol. The lowest BCUT2D eigenvalue weighted by Crippen LogP contribution is -2.35. The second-order valence-corrected chi connectivity index (χ2v) is 7.76. The van der Waals surface area contributed by atoms with Gasteiger partial charge in [0, 0.05) is 12.2 Å². The van der Waals surface area contributed by atoms with Crippen LogP contribution in [0.1, 0.15) is 25.3 Å². The fourth-order valence-electron chi connectivity index (χ4n) is 3.15. The summed E-state index contributed by atoms with van der Waals surface area (Å²) >= 11 is 0. The Hall–Kier alpha value is -1.96. The lowest BCUT2D eigenvalue weighted by Gasteiger charge is -2.15. The van der Waals surface area contributed by atoms with Gasteiger partial charge in [0.1, 0.15) is 5.82 Å². The minimum atomic E-state index is -3.80. The monoisotopic (exact) mass is 358 g/mol. The lowest BCUT2D eigenvalue weighted by molar-refractivity contribution is -0.164. The second kappa shape index (κ2) is 6.51. The van der Waals surface area contributed by atoms with Gasteiger partial charge in [-0.15, -0.1) is 0 Å². The molecule has 1 aromatic rings. The minimum Gasteiger partial charge on any atom is -0.465 e. The molecule has 0 bridgehead atoms. The fourth-order valence-corrected chi connectivity index (χ4v) is 4.95. The number of esters is 2. The summed E-state index contributed by atoms with van der Waals surface area (Å²) < 4.78 is 47.8. The van der Waals surface area contributed by atoms with Gasteiger partial charge in [-0.3, -0.25) is 9.59 Å². The van der Waals surface area contributed by atoms with Crippen molar-refractivity contribution in [3.8, 4) is 0 Å². The van der Waals surface area contributed by atoms with E-state index in [1.165, 1.54) is 18.2 Å². The molecule has 0 radical (unpaired) electrons. The zero-order chi connectivity index (χ0) is 18.1. The Labute approximate surface area is 139 Å². The first-order valence-electron chi connectivity index (χ1n) is 7.50. The first-order valence-corrected chi connectivity index (χ1v) is 9.45. The van der Waals surface area contributed by atoms with Crippen molar-refractivity contribution in [3.05, 3.63) is 35.6 Å². The smallest absolute Gasteiger partial charge is 0.325 e. The fraction of sp³-hybridized carbons (Fsp3) is 0.500. The van der Waals surface area contributed by atoms with Crippen LogP contribution in [0.3, 0.4) is 0 Å². The summed E-state index contributed by atoms with van der Waals surface area (Å²) in [7, 11) is -3.80. The van der Waals surface area contributed by atoms with Crippen LogP contribution < -0.4 is 0 Å². The van der Waals surface area contributed by atoms with Gasteiger partial charge in [-0.05, 0) is 31.5 Å². The number of rotatable bonds is 6. The summed E-state index contributed by atoms with van der Waals surface area (Å²) in [6.07, 6.45) is 0.935. The molecule has 0 aliphatic heterocycles. The zero-order valence-electron chi connectivity index (χ0n) is 13.6. The van der Waals surface area contributed by atoms with Crippen LogP contribution in [0, 0.1) is 11.2 Å². The molecule has 0 N–H and O–H groups in total. The van der Waals surface area contributed by atoms with Gasteiger partial charge in [0.25, 0.3) is 0 Å². The quantitative estimate of drug-likeness (QED) is 0.565. The normalized spacial score (nSPS) is 21.8. The molecule has 0 unspecified atom stereocenters. The molecule has 0 spiro atoms. The van der Waals surface area contributed by atoms with Crippen molar-refractivity contribution >= 4 is 21.8 Å². The molecule has 1 aromatic carbocycles. The number of sulfone groups is 1. The van der Waals surface area contributed by atoms with Crippen LogP contribution in [-0.2, 0) is 28.9 Å². The van der Waals surface area contributed by atoms with Gasteiger partial charge in [0.15, 0.2) is 15.3 Å². The Morgan fingerprint density at radius 3 is 2.12 bits per heavy atom. The van der Waals surface area contributed by atoms with Crippen LogP contribution in [-0.4, -0.2) is 45.1 Å².